The molecule has 23 heavy (non-hydrogen) atoms. The average molecular weight is 358 g/mol. The van der Waals surface area contributed by atoms with E-state index in [2.05, 4.69) is 4.98 Å². The van der Waals surface area contributed by atoms with Crippen LogP contribution >= 0.6 is 11.6 Å². The summed E-state index contributed by atoms with van der Waals surface area (Å²) in [6.07, 6.45) is 0.933. The number of halogens is 1. The number of sulfone groups is 1. The minimum absolute atomic E-state index is 0.0119. The number of ether oxygens (including phenoxy) is 1. The molecule has 1 aromatic heterocycles. The first-order valence-electron chi connectivity index (χ1n) is 7.58. The SMILES string of the molecule is CCOC(=O)c1[nH]c2ccc(Cl)cc2c1S(=O)(=O)C(CC)CC. The van der Waals surface area contributed by atoms with E-state index in [0.29, 0.717) is 28.8 Å². The maximum atomic E-state index is 13.0. The molecule has 1 N–H and O–H groups in total. The molecule has 1 heterocycles. The van der Waals surface area contributed by atoms with E-state index in [-0.39, 0.29) is 17.2 Å². The van der Waals surface area contributed by atoms with Crippen molar-refractivity contribution >= 4 is 38.3 Å². The van der Waals surface area contributed by atoms with Crippen molar-refractivity contribution in [3.8, 4) is 0 Å². The van der Waals surface area contributed by atoms with Crippen molar-refractivity contribution in [3.63, 3.8) is 0 Å². The van der Waals surface area contributed by atoms with Gasteiger partial charge in [-0.1, -0.05) is 25.4 Å². The number of hydrogen-bond acceptors (Lipinski definition) is 4. The van der Waals surface area contributed by atoms with Crippen molar-refractivity contribution in [1.29, 1.82) is 0 Å². The summed E-state index contributed by atoms with van der Waals surface area (Å²) < 4.78 is 31.1. The fourth-order valence-corrected chi connectivity index (χ4v) is 4.95. The predicted octanol–water partition coefficient (Wildman–Crippen LogP) is 3.96. The molecule has 7 heteroatoms. The quantitative estimate of drug-likeness (QED) is 0.794. The normalized spacial score (nSPS) is 12.0. The second-order valence-corrected chi connectivity index (χ2v) is 7.82. The molecule has 0 aliphatic heterocycles. The average Bonchev–Trinajstić information content (AvgIpc) is 2.87. The zero-order valence-electron chi connectivity index (χ0n) is 13.3. The molecule has 0 fully saturated rings. The van der Waals surface area contributed by atoms with E-state index in [4.69, 9.17) is 16.3 Å². The number of carbonyl (C=O) groups excluding carboxylic acids is 1. The summed E-state index contributed by atoms with van der Waals surface area (Å²) in [5.41, 5.74) is 0.512. The van der Waals surface area contributed by atoms with Crippen LogP contribution in [0.2, 0.25) is 5.02 Å². The standard InChI is InChI=1S/C16H20ClNO4S/c1-4-11(5-2)23(20,21)15-12-9-10(17)7-8-13(12)18-14(15)16(19)22-6-3/h7-9,11,18H,4-6H2,1-3H3. The van der Waals surface area contributed by atoms with E-state index in [0.717, 1.165) is 0 Å². The number of rotatable bonds is 6. The van der Waals surface area contributed by atoms with Crippen molar-refractivity contribution in [1.82, 2.24) is 4.98 Å². The summed E-state index contributed by atoms with van der Waals surface area (Å²) in [6, 6.07) is 4.86. The number of benzene rings is 1. The van der Waals surface area contributed by atoms with E-state index in [9.17, 15) is 13.2 Å². The van der Waals surface area contributed by atoms with E-state index in [1.165, 1.54) is 0 Å². The molecule has 0 saturated carbocycles. The third-order valence-electron chi connectivity index (χ3n) is 3.83. The Labute approximate surface area is 140 Å². The Kier molecular flexibility index (Phi) is 5.37. The van der Waals surface area contributed by atoms with Crippen molar-refractivity contribution in [2.75, 3.05) is 6.61 Å². The van der Waals surface area contributed by atoms with Gasteiger partial charge in [0, 0.05) is 15.9 Å². The predicted molar refractivity (Wildman–Crippen MR) is 90.8 cm³/mol. The molecule has 0 atom stereocenters. The van der Waals surface area contributed by atoms with Crippen molar-refractivity contribution in [2.24, 2.45) is 0 Å². The lowest BCUT2D eigenvalue weighted by Gasteiger charge is -2.14. The number of fused-ring (bicyclic) bond motifs is 1. The monoisotopic (exact) mass is 357 g/mol. The van der Waals surface area contributed by atoms with Crippen LogP contribution in [0.4, 0.5) is 0 Å². The van der Waals surface area contributed by atoms with Crippen LogP contribution in [-0.2, 0) is 14.6 Å². The highest BCUT2D eigenvalue weighted by atomic mass is 35.5. The molecule has 1 aromatic carbocycles. The van der Waals surface area contributed by atoms with E-state index in [1.807, 2.05) is 13.8 Å². The largest absolute Gasteiger partial charge is 0.461 e. The summed E-state index contributed by atoms with van der Waals surface area (Å²) in [7, 11) is -3.69. The molecular formula is C16H20ClNO4S. The molecule has 0 radical (unpaired) electrons. The van der Waals surface area contributed by atoms with Gasteiger partial charge in [-0.3, -0.25) is 0 Å². The van der Waals surface area contributed by atoms with Crippen LogP contribution in [0.1, 0.15) is 44.1 Å². The van der Waals surface area contributed by atoms with E-state index >= 15 is 0 Å². The lowest BCUT2D eigenvalue weighted by atomic mass is 10.2. The topological polar surface area (TPSA) is 76.2 Å². The zero-order chi connectivity index (χ0) is 17.2. The van der Waals surface area contributed by atoms with Gasteiger partial charge in [0.05, 0.1) is 11.9 Å². The third kappa shape index (κ3) is 3.23. The summed E-state index contributed by atoms with van der Waals surface area (Å²) in [5.74, 6) is -0.677. The van der Waals surface area contributed by atoms with E-state index in [1.54, 1.807) is 25.1 Å². The lowest BCUT2D eigenvalue weighted by molar-refractivity contribution is 0.0516. The second kappa shape index (κ2) is 6.93. The van der Waals surface area contributed by atoms with Gasteiger partial charge in [0.25, 0.3) is 0 Å². The van der Waals surface area contributed by atoms with Crippen LogP contribution in [0, 0.1) is 0 Å². The number of H-pyrrole nitrogens is 1. The Hall–Kier alpha value is -1.53. The summed E-state index contributed by atoms with van der Waals surface area (Å²) >= 11 is 6.01. The Bertz CT molecular complexity index is 822. The molecule has 126 valence electrons. The third-order valence-corrected chi connectivity index (χ3v) is 6.60. The molecule has 5 nitrogen and oxygen atoms in total. The molecule has 0 spiro atoms. The first-order chi connectivity index (χ1) is 10.9. The molecule has 0 bridgehead atoms. The van der Waals surface area contributed by atoms with Crippen LogP contribution in [0.5, 0.6) is 0 Å². The Balaban J connectivity index is 2.80. The zero-order valence-corrected chi connectivity index (χ0v) is 14.9. The van der Waals surface area contributed by atoms with Crippen LogP contribution in [0.25, 0.3) is 10.9 Å². The van der Waals surface area contributed by atoms with Crippen LogP contribution in [0.3, 0.4) is 0 Å². The van der Waals surface area contributed by atoms with Gasteiger partial charge in [-0.15, -0.1) is 0 Å². The summed E-state index contributed by atoms with van der Waals surface area (Å²) in [4.78, 5) is 15.1. The highest BCUT2D eigenvalue weighted by Gasteiger charge is 2.33. The highest BCUT2D eigenvalue weighted by molar-refractivity contribution is 7.92. The van der Waals surface area contributed by atoms with Crippen LogP contribution in [-0.4, -0.2) is 31.2 Å². The van der Waals surface area contributed by atoms with E-state index < -0.39 is 21.1 Å². The maximum Gasteiger partial charge on any atom is 0.356 e. The fourth-order valence-electron chi connectivity index (χ4n) is 2.68. The number of esters is 1. The minimum Gasteiger partial charge on any atom is -0.461 e. The molecule has 2 rings (SSSR count). The molecule has 0 aliphatic carbocycles. The van der Waals surface area contributed by atoms with Gasteiger partial charge in [0.1, 0.15) is 10.6 Å². The minimum atomic E-state index is -3.69. The molecule has 2 aromatic rings. The van der Waals surface area contributed by atoms with Gasteiger partial charge in [-0.05, 0) is 38.0 Å². The number of aromatic amines is 1. The lowest BCUT2D eigenvalue weighted by Crippen LogP contribution is -2.22. The van der Waals surface area contributed by atoms with Gasteiger partial charge in [-0.25, -0.2) is 13.2 Å². The Morgan fingerprint density at radius 2 is 1.91 bits per heavy atom. The number of hydrogen-bond donors (Lipinski definition) is 1. The first kappa shape index (κ1) is 17.8. The molecule has 0 aliphatic rings. The van der Waals surface area contributed by atoms with Crippen LogP contribution < -0.4 is 0 Å². The number of nitrogens with one attached hydrogen (secondary N) is 1. The Morgan fingerprint density at radius 1 is 1.26 bits per heavy atom. The van der Waals surface area contributed by atoms with Crippen molar-refractivity contribution < 1.29 is 17.9 Å². The Morgan fingerprint density at radius 3 is 2.48 bits per heavy atom. The van der Waals surface area contributed by atoms with Crippen molar-refractivity contribution in [2.45, 2.75) is 43.8 Å². The van der Waals surface area contributed by atoms with Gasteiger partial charge >= 0.3 is 5.97 Å². The molecule has 0 amide bonds. The molecular weight excluding hydrogens is 338 g/mol. The smallest absolute Gasteiger partial charge is 0.356 e. The summed E-state index contributed by atoms with van der Waals surface area (Å²) in [5, 5.41) is 0.272. The first-order valence-corrected chi connectivity index (χ1v) is 9.51. The highest BCUT2D eigenvalue weighted by Crippen LogP contribution is 2.33. The second-order valence-electron chi connectivity index (χ2n) is 5.22. The van der Waals surface area contributed by atoms with Crippen LogP contribution in [0.15, 0.2) is 23.1 Å². The fraction of sp³-hybridized carbons (Fsp3) is 0.438. The number of carbonyl (C=O) groups is 1. The van der Waals surface area contributed by atoms with Gasteiger partial charge in [0.15, 0.2) is 9.84 Å². The van der Waals surface area contributed by atoms with Gasteiger partial charge in [0.2, 0.25) is 0 Å². The van der Waals surface area contributed by atoms with Gasteiger partial charge in [-0.2, -0.15) is 0 Å². The van der Waals surface area contributed by atoms with Crippen molar-refractivity contribution in [3.05, 3.63) is 28.9 Å². The molecule has 0 unspecified atom stereocenters. The molecule has 0 saturated heterocycles. The maximum absolute atomic E-state index is 13.0. The summed E-state index contributed by atoms with van der Waals surface area (Å²) in [6.45, 7) is 5.47. The number of aromatic nitrogens is 1. The van der Waals surface area contributed by atoms with Gasteiger partial charge < -0.3 is 9.72 Å².